The van der Waals surface area contributed by atoms with E-state index in [0.717, 1.165) is 22.6 Å². The van der Waals surface area contributed by atoms with Crippen molar-refractivity contribution in [2.45, 2.75) is 32.3 Å². The second kappa shape index (κ2) is 7.50. The van der Waals surface area contributed by atoms with Gasteiger partial charge in [-0.05, 0) is 43.2 Å². The minimum Gasteiger partial charge on any atom is -0.449 e. The third-order valence-electron chi connectivity index (χ3n) is 5.18. The van der Waals surface area contributed by atoms with Crippen molar-refractivity contribution in [3.63, 3.8) is 0 Å². The molecule has 7 heteroatoms. The van der Waals surface area contributed by atoms with Crippen LogP contribution in [0.4, 0.5) is 11.4 Å². The number of hydrogen-bond donors (Lipinski definition) is 0. The summed E-state index contributed by atoms with van der Waals surface area (Å²) in [5, 5.41) is 0. The van der Waals surface area contributed by atoms with Gasteiger partial charge in [0.15, 0.2) is 6.10 Å². The average Bonchev–Trinajstić information content (AvgIpc) is 3.30. The van der Waals surface area contributed by atoms with Crippen molar-refractivity contribution in [2.75, 3.05) is 16.3 Å². The Balaban J connectivity index is 1.47. The molecular formula is C22H20N2O5. The van der Waals surface area contributed by atoms with Crippen molar-refractivity contribution in [3.8, 4) is 0 Å². The van der Waals surface area contributed by atoms with Crippen molar-refractivity contribution in [2.24, 2.45) is 0 Å². The molecule has 2 aliphatic heterocycles. The molecule has 1 fully saturated rings. The van der Waals surface area contributed by atoms with E-state index in [1.54, 1.807) is 24.0 Å². The molecule has 0 unspecified atom stereocenters. The van der Waals surface area contributed by atoms with E-state index in [9.17, 15) is 19.2 Å². The lowest BCUT2D eigenvalue weighted by Gasteiger charge is -2.22. The summed E-state index contributed by atoms with van der Waals surface area (Å²) in [6.45, 7) is 2.09. The SMILES string of the molecule is C[C@H](OC(=O)c1cccc(N2C(=O)CCC2=O)c1)C(=O)N1CCc2ccccc21. The van der Waals surface area contributed by atoms with E-state index in [4.69, 9.17) is 4.74 Å². The molecule has 0 aliphatic carbocycles. The minimum absolute atomic E-state index is 0.163. The molecule has 4 rings (SSSR count). The topological polar surface area (TPSA) is 84.0 Å². The largest absolute Gasteiger partial charge is 0.449 e. The lowest BCUT2D eigenvalue weighted by molar-refractivity contribution is -0.126. The molecule has 148 valence electrons. The average molecular weight is 392 g/mol. The normalized spacial score (nSPS) is 16.7. The highest BCUT2D eigenvalue weighted by atomic mass is 16.5. The molecule has 2 heterocycles. The van der Waals surface area contributed by atoms with Gasteiger partial charge in [0.1, 0.15) is 0 Å². The Kier molecular flexibility index (Phi) is 4.88. The molecule has 7 nitrogen and oxygen atoms in total. The summed E-state index contributed by atoms with van der Waals surface area (Å²) in [5.41, 5.74) is 2.44. The van der Waals surface area contributed by atoms with Crippen LogP contribution in [0, 0.1) is 0 Å². The molecule has 1 saturated heterocycles. The predicted molar refractivity (Wildman–Crippen MR) is 106 cm³/mol. The number of fused-ring (bicyclic) bond motifs is 1. The number of imide groups is 1. The first kappa shape index (κ1) is 18.9. The lowest BCUT2D eigenvalue weighted by atomic mass is 10.2. The van der Waals surface area contributed by atoms with Crippen LogP contribution in [0.1, 0.15) is 35.7 Å². The third-order valence-corrected chi connectivity index (χ3v) is 5.18. The fourth-order valence-corrected chi connectivity index (χ4v) is 3.70. The van der Waals surface area contributed by atoms with Crippen molar-refractivity contribution in [1.29, 1.82) is 0 Å². The Labute approximate surface area is 167 Å². The Morgan fingerprint density at radius 1 is 0.966 bits per heavy atom. The highest BCUT2D eigenvalue weighted by molar-refractivity contribution is 6.20. The van der Waals surface area contributed by atoms with Crippen molar-refractivity contribution in [3.05, 3.63) is 59.7 Å². The molecule has 29 heavy (non-hydrogen) atoms. The standard InChI is InChI=1S/C22H20N2O5/c1-14(21(27)23-12-11-15-5-2-3-8-18(15)23)29-22(28)16-6-4-7-17(13-16)24-19(25)9-10-20(24)26/h2-8,13-14H,9-12H2,1H3/t14-/m0/s1. The number of ether oxygens (including phenoxy) is 1. The summed E-state index contributed by atoms with van der Waals surface area (Å²) in [7, 11) is 0. The molecule has 1 atom stereocenters. The Bertz CT molecular complexity index is 1000. The van der Waals surface area contributed by atoms with Crippen LogP contribution < -0.4 is 9.80 Å². The zero-order chi connectivity index (χ0) is 20.5. The number of nitrogens with zero attached hydrogens (tertiary/aromatic N) is 2. The van der Waals surface area contributed by atoms with Gasteiger partial charge in [-0.3, -0.25) is 19.3 Å². The lowest BCUT2D eigenvalue weighted by Crippen LogP contribution is -2.39. The molecule has 0 N–H and O–H groups in total. The first-order valence-corrected chi connectivity index (χ1v) is 9.52. The van der Waals surface area contributed by atoms with Gasteiger partial charge in [0, 0.05) is 25.1 Å². The molecular weight excluding hydrogens is 372 g/mol. The van der Waals surface area contributed by atoms with E-state index in [1.807, 2.05) is 24.3 Å². The van der Waals surface area contributed by atoms with Crippen molar-refractivity contribution in [1.82, 2.24) is 0 Å². The fraction of sp³-hybridized carbons (Fsp3) is 0.273. The second-order valence-electron chi connectivity index (χ2n) is 7.09. The number of anilines is 2. The maximum Gasteiger partial charge on any atom is 0.338 e. The van der Waals surface area contributed by atoms with Crippen LogP contribution in [-0.4, -0.2) is 36.3 Å². The summed E-state index contributed by atoms with van der Waals surface area (Å²) in [4.78, 5) is 51.9. The third kappa shape index (κ3) is 3.51. The molecule has 0 saturated carbocycles. The number of amides is 3. The van der Waals surface area contributed by atoms with Crippen LogP contribution in [0.2, 0.25) is 0 Å². The number of rotatable bonds is 4. The van der Waals surface area contributed by atoms with Gasteiger partial charge in [0.25, 0.3) is 5.91 Å². The monoisotopic (exact) mass is 392 g/mol. The van der Waals surface area contributed by atoms with Gasteiger partial charge in [-0.15, -0.1) is 0 Å². The highest BCUT2D eigenvalue weighted by Gasteiger charge is 2.32. The quantitative estimate of drug-likeness (QED) is 0.590. The number of esters is 1. The molecule has 2 aromatic carbocycles. The Hall–Kier alpha value is -3.48. The van der Waals surface area contributed by atoms with Gasteiger partial charge >= 0.3 is 5.97 Å². The predicted octanol–water partition coefficient (Wildman–Crippen LogP) is 2.47. The van der Waals surface area contributed by atoms with Gasteiger partial charge in [-0.2, -0.15) is 0 Å². The summed E-state index contributed by atoms with van der Waals surface area (Å²) in [6, 6.07) is 13.8. The number of carbonyl (C=O) groups excluding carboxylic acids is 4. The summed E-state index contributed by atoms with van der Waals surface area (Å²) >= 11 is 0. The molecule has 3 amide bonds. The van der Waals surface area contributed by atoms with E-state index < -0.39 is 12.1 Å². The summed E-state index contributed by atoms with van der Waals surface area (Å²) < 4.78 is 5.38. The molecule has 2 aromatic rings. The molecule has 0 aromatic heterocycles. The van der Waals surface area contributed by atoms with Crippen LogP contribution in [-0.2, 0) is 25.5 Å². The Morgan fingerprint density at radius 3 is 2.45 bits per heavy atom. The first-order valence-electron chi connectivity index (χ1n) is 9.52. The molecule has 0 spiro atoms. The zero-order valence-corrected chi connectivity index (χ0v) is 16.0. The van der Waals surface area contributed by atoms with E-state index in [0.29, 0.717) is 12.2 Å². The Morgan fingerprint density at radius 2 is 1.69 bits per heavy atom. The number of carbonyl (C=O) groups is 4. The molecule has 2 aliphatic rings. The number of para-hydroxylation sites is 1. The van der Waals surface area contributed by atoms with Crippen molar-refractivity contribution < 1.29 is 23.9 Å². The number of hydrogen-bond acceptors (Lipinski definition) is 5. The highest BCUT2D eigenvalue weighted by Crippen LogP contribution is 2.28. The smallest absolute Gasteiger partial charge is 0.338 e. The van der Waals surface area contributed by atoms with Crippen LogP contribution in [0.5, 0.6) is 0 Å². The summed E-state index contributed by atoms with van der Waals surface area (Å²) in [6.07, 6.45) is 0.127. The van der Waals surface area contributed by atoms with Crippen LogP contribution >= 0.6 is 0 Å². The van der Waals surface area contributed by atoms with E-state index in [1.165, 1.54) is 12.1 Å². The van der Waals surface area contributed by atoms with Gasteiger partial charge < -0.3 is 9.64 Å². The fourth-order valence-electron chi connectivity index (χ4n) is 3.70. The maximum absolute atomic E-state index is 12.8. The summed E-state index contributed by atoms with van der Waals surface area (Å²) in [5.74, 6) is -1.56. The van der Waals surface area contributed by atoms with Crippen LogP contribution in [0.25, 0.3) is 0 Å². The maximum atomic E-state index is 12.8. The van der Waals surface area contributed by atoms with E-state index in [2.05, 4.69) is 0 Å². The van der Waals surface area contributed by atoms with E-state index >= 15 is 0 Å². The minimum atomic E-state index is -0.965. The number of benzene rings is 2. The molecule has 0 bridgehead atoms. The van der Waals surface area contributed by atoms with Gasteiger partial charge in [0.2, 0.25) is 11.8 Å². The van der Waals surface area contributed by atoms with Gasteiger partial charge in [-0.25, -0.2) is 4.79 Å². The van der Waals surface area contributed by atoms with Crippen LogP contribution in [0.15, 0.2) is 48.5 Å². The first-order chi connectivity index (χ1) is 14.0. The van der Waals surface area contributed by atoms with Gasteiger partial charge in [0.05, 0.1) is 11.3 Å². The second-order valence-corrected chi connectivity index (χ2v) is 7.09. The zero-order valence-electron chi connectivity index (χ0n) is 16.0. The van der Waals surface area contributed by atoms with E-state index in [-0.39, 0.29) is 36.1 Å². The van der Waals surface area contributed by atoms with Crippen LogP contribution in [0.3, 0.4) is 0 Å². The van der Waals surface area contributed by atoms with Crippen molar-refractivity contribution >= 4 is 35.1 Å². The molecule has 0 radical (unpaired) electrons. The van der Waals surface area contributed by atoms with Gasteiger partial charge in [-0.1, -0.05) is 24.3 Å².